The lowest BCUT2D eigenvalue weighted by Crippen LogP contribution is -2.40. The fraction of sp³-hybridized carbons (Fsp3) is 0.304. The van der Waals surface area contributed by atoms with E-state index in [1.807, 2.05) is 30.3 Å². The number of amides is 1. The van der Waals surface area contributed by atoms with Gasteiger partial charge in [-0.25, -0.2) is 0 Å². The first-order valence-electron chi connectivity index (χ1n) is 9.85. The molecule has 2 fully saturated rings. The summed E-state index contributed by atoms with van der Waals surface area (Å²) in [5, 5.41) is 0. The molecule has 0 saturated carbocycles. The molecule has 8 heteroatoms. The van der Waals surface area contributed by atoms with Gasteiger partial charge in [0.2, 0.25) is 5.91 Å². The topological polar surface area (TPSA) is 55.8 Å². The van der Waals surface area contributed by atoms with Crippen LogP contribution in [0.1, 0.15) is 11.1 Å². The number of esters is 1. The predicted octanol–water partition coefficient (Wildman–Crippen LogP) is 3.74. The lowest BCUT2D eigenvalue weighted by atomic mass is 9.77. The Hall–Kier alpha value is -3.13. The number of alkyl halides is 3. The molecule has 31 heavy (non-hydrogen) atoms. The lowest BCUT2D eigenvalue weighted by molar-refractivity contribution is -0.153. The fourth-order valence-corrected chi connectivity index (χ4v) is 4.66. The number of hydrogen-bond donors (Lipinski definition) is 0. The van der Waals surface area contributed by atoms with E-state index >= 15 is 0 Å². The molecule has 160 valence electrons. The van der Waals surface area contributed by atoms with Crippen molar-refractivity contribution in [3.63, 3.8) is 0 Å². The van der Waals surface area contributed by atoms with Gasteiger partial charge in [0.25, 0.3) is 0 Å². The van der Waals surface area contributed by atoms with Gasteiger partial charge < -0.3 is 14.4 Å². The van der Waals surface area contributed by atoms with Crippen LogP contribution in [-0.4, -0.2) is 30.1 Å². The summed E-state index contributed by atoms with van der Waals surface area (Å²) < 4.78 is 50.8. The van der Waals surface area contributed by atoms with Gasteiger partial charge >= 0.3 is 12.1 Å². The van der Waals surface area contributed by atoms with Crippen LogP contribution in [-0.2, 0) is 31.8 Å². The number of anilines is 1. The summed E-state index contributed by atoms with van der Waals surface area (Å²) in [7, 11) is 0. The number of halogens is 3. The summed E-state index contributed by atoms with van der Waals surface area (Å²) in [6, 6.07) is 13.8. The van der Waals surface area contributed by atoms with Crippen molar-refractivity contribution in [2.75, 3.05) is 11.4 Å². The highest BCUT2D eigenvalue weighted by molar-refractivity contribution is 6.02. The number of nitrogens with zero attached hydrogens (tertiary/aromatic N) is 1. The number of rotatable bonds is 4. The van der Waals surface area contributed by atoms with Gasteiger partial charge in [-0.05, 0) is 23.8 Å². The molecule has 2 bridgehead atoms. The average Bonchev–Trinajstić information content (AvgIpc) is 3.40. The zero-order chi connectivity index (χ0) is 21.8. The van der Waals surface area contributed by atoms with Gasteiger partial charge in [0, 0.05) is 5.69 Å². The minimum atomic E-state index is -4.52. The van der Waals surface area contributed by atoms with Gasteiger partial charge in [0.05, 0.1) is 24.1 Å². The van der Waals surface area contributed by atoms with Gasteiger partial charge in [-0.1, -0.05) is 48.6 Å². The van der Waals surface area contributed by atoms with E-state index in [1.165, 1.54) is 17.0 Å². The molecule has 0 N–H and O–H groups in total. The van der Waals surface area contributed by atoms with Crippen molar-refractivity contribution in [2.24, 2.45) is 11.8 Å². The number of carbonyl (C=O) groups is 2. The summed E-state index contributed by atoms with van der Waals surface area (Å²) >= 11 is 0. The monoisotopic (exact) mass is 429 g/mol. The van der Waals surface area contributed by atoms with Crippen molar-refractivity contribution in [2.45, 2.75) is 24.5 Å². The molecule has 3 aliphatic rings. The highest BCUT2D eigenvalue weighted by Gasteiger charge is 2.67. The van der Waals surface area contributed by atoms with E-state index in [-0.39, 0.29) is 18.8 Å². The lowest BCUT2D eigenvalue weighted by Gasteiger charge is -2.22. The molecular weight excluding hydrogens is 411 g/mol. The van der Waals surface area contributed by atoms with Crippen molar-refractivity contribution in [1.29, 1.82) is 0 Å². The molecule has 4 atom stereocenters. The average molecular weight is 429 g/mol. The SMILES string of the molecule is O=C(OCc1ccccc1)[C@@H]1[C@H]2C(=O)N(c3cccc(C(F)(F)F)c3)C[C@]23C=C[C@H]1O3. The molecule has 5 rings (SSSR count). The second kappa shape index (κ2) is 6.95. The number of ether oxygens (including phenoxy) is 2. The molecule has 1 spiro atoms. The van der Waals surface area contributed by atoms with Gasteiger partial charge in [0.15, 0.2) is 0 Å². The molecule has 3 aliphatic heterocycles. The van der Waals surface area contributed by atoms with Crippen molar-refractivity contribution in [1.82, 2.24) is 0 Å². The molecular formula is C23H18F3NO4. The molecule has 0 unspecified atom stereocenters. The molecule has 2 saturated heterocycles. The van der Waals surface area contributed by atoms with E-state index in [0.717, 1.165) is 17.7 Å². The van der Waals surface area contributed by atoms with E-state index in [9.17, 15) is 22.8 Å². The first-order chi connectivity index (χ1) is 14.8. The van der Waals surface area contributed by atoms with Gasteiger partial charge in [-0.15, -0.1) is 0 Å². The summed E-state index contributed by atoms with van der Waals surface area (Å²) in [6.45, 7) is 0.116. The molecule has 0 aromatic heterocycles. The van der Waals surface area contributed by atoms with E-state index in [4.69, 9.17) is 9.47 Å². The second-order valence-corrected chi connectivity index (χ2v) is 7.97. The fourth-order valence-electron chi connectivity index (χ4n) is 4.66. The molecule has 0 radical (unpaired) electrons. The quantitative estimate of drug-likeness (QED) is 0.549. The molecule has 1 amide bonds. The number of fused-ring (bicyclic) bond motifs is 1. The Bertz CT molecular complexity index is 1070. The van der Waals surface area contributed by atoms with Gasteiger partial charge in [-0.2, -0.15) is 13.2 Å². The van der Waals surface area contributed by atoms with Crippen LogP contribution < -0.4 is 4.90 Å². The minimum Gasteiger partial charge on any atom is -0.460 e. The third-order valence-corrected chi connectivity index (χ3v) is 6.08. The first-order valence-corrected chi connectivity index (χ1v) is 9.85. The first kappa shape index (κ1) is 19.8. The molecule has 0 aliphatic carbocycles. The Morgan fingerprint density at radius 3 is 2.68 bits per heavy atom. The maximum atomic E-state index is 13.2. The number of benzene rings is 2. The summed E-state index contributed by atoms with van der Waals surface area (Å²) in [5.41, 5.74) is -0.937. The molecule has 2 aromatic carbocycles. The van der Waals surface area contributed by atoms with Crippen molar-refractivity contribution in [3.8, 4) is 0 Å². The Morgan fingerprint density at radius 1 is 1.16 bits per heavy atom. The number of carbonyl (C=O) groups excluding carboxylic acids is 2. The van der Waals surface area contributed by atoms with Crippen LogP contribution in [0.25, 0.3) is 0 Å². The van der Waals surface area contributed by atoms with Crippen molar-refractivity contribution < 1.29 is 32.2 Å². The van der Waals surface area contributed by atoms with Crippen LogP contribution in [0.15, 0.2) is 66.7 Å². The number of hydrogen-bond acceptors (Lipinski definition) is 4. The second-order valence-electron chi connectivity index (χ2n) is 7.97. The van der Waals surface area contributed by atoms with Crippen LogP contribution in [0.5, 0.6) is 0 Å². The van der Waals surface area contributed by atoms with Crippen LogP contribution in [0, 0.1) is 11.8 Å². The van der Waals surface area contributed by atoms with Gasteiger partial charge in [0.1, 0.15) is 18.1 Å². The Balaban J connectivity index is 1.39. The highest BCUT2D eigenvalue weighted by atomic mass is 19.4. The van der Waals surface area contributed by atoms with Gasteiger partial charge in [-0.3, -0.25) is 9.59 Å². The molecule has 5 nitrogen and oxygen atoms in total. The summed E-state index contributed by atoms with van der Waals surface area (Å²) in [5.74, 6) is -2.66. The van der Waals surface area contributed by atoms with E-state index < -0.39 is 47.2 Å². The van der Waals surface area contributed by atoms with E-state index in [1.54, 1.807) is 12.2 Å². The van der Waals surface area contributed by atoms with Crippen molar-refractivity contribution in [3.05, 3.63) is 77.9 Å². The largest absolute Gasteiger partial charge is 0.460 e. The maximum absolute atomic E-state index is 13.2. The van der Waals surface area contributed by atoms with E-state index in [0.29, 0.717) is 0 Å². The molecule has 2 aromatic rings. The maximum Gasteiger partial charge on any atom is 0.416 e. The van der Waals surface area contributed by atoms with Crippen LogP contribution in [0.3, 0.4) is 0 Å². The minimum absolute atomic E-state index is 0.0489. The third kappa shape index (κ3) is 3.22. The predicted molar refractivity (Wildman–Crippen MR) is 104 cm³/mol. The standard InChI is InChI=1S/C23H18F3NO4/c24-23(25,26)15-7-4-8-16(11-15)27-13-22-10-9-17(31-22)18(19(22)20(27)28)21(29)30-12-14-5-2-1-3-6-14/h1-11,17-19H,12-13H2/t17-,18+,19+,22-/m1/s1. The Labute approximate surface area is 176 Å². The third-order valence-electron chi connectivity index (χ3n) is 6.08. The normalized spacial score (nSPS) is 28.8. The molecule has 3 heterocycles. The van der Waals surface area contributed by atoms with Crippen molar-refractivity contribution >= 4 is 17.6 Å². The zero-order valence-electron chi connectivity index (χ0n) is 16.2. The summed E-state index contributed by atoms with van der Waals surface area (Å²) in [4.78, 5) is 27.4. The Morgan fingerprint density at radius 2 is 1.94 bits per heavy atom. The Kier molecular flexibility index (Phi) is 4.44. The highest BCUT2D eigenvalue weighted by Crippen LogP contribution is 2.53. The van der Waals surface area contributed by atoms with Crippen LogP contribution in [0.2, 0.25) is 0 Å². The van der Waals surface area contributed by atoms with E-state index in [2.05, 4.69) is 0 Å². The van der Waals surface area contributed by atoms with Crippen LogP contribution >= 0.6 is 0 Å². The smallest absolute Gasteiger partial charge is 0.416 e. The van der Waals surface area contributed by atoms with Crippen LogP contribution in [0.4, 0.5) is 18.9 Å². The zero-order valence-corrected chi connectivity index (χ0v) is 16.2. The summed E-state index contributed by atoms with van der Waals surface area (Å²) in [6.07, 6.45) is -1.63.